The van der Waals surface area contributed by atoms with Crippen LogP contribution in [0.2, 0.25) is 0 Å². The lowest BCUT2D eigenvalue weighted by Gasteiger charge is -2.16. The Morgan fingerprint density at radius 3 is 2.26 bits per heavy atom. The fraction of sp³-hybridized carbons (Fsp3) is 0.250. The second kappa shape index (κ2) is 9.38. The third kappa shape index (κ3) is 6.81. The van der Waals surface area contributed by atoms with Gasteiger partial charge in [0.05, 0.1) is 0 Å². The Morgan fingerprint density at radius 1 is 1.04 bits per heavy atom. The number of carbonyl (C=O) groups excluding carboxylic acids is 3. The minimum absolute atomic E-state index is 0.210. The van der Waals surface area contributed by atoms with Crippen molar-refractivity contribution in [3.8, 4) is 0 Å². The van der Waals surface area contributed by atoms with E-state index in [1.165, 1.54) is 0 Å². The van der Waals surface area contributed by atoms with Crippen molar-refractivity contribution in [3.63, 3.8) is 0 Å². The van der Waals surface area contributed by atoms with E-state index in [9.17, 15) is 14.4 Å². The molecular formula is C20H23N3O4. The quantitative estimate of drug-likeness (QED) is 0.649. The number of amides is 3. The van der Waals surface area contributed by atoms with Gasteiger partial charge in [0.25, 0.3) is 5.91 Å². The number of carbonyl (C=O) groups is 3. The summed E-state index contributed by atoms with van der Waals surface area (Å²) < 4.78 is 5.05. The first-order chi connectivity index (χ1) is 12.8. The Bertz CT molecular complexity index is 801. The average Bonchev–Trinajstić information content (AvgIpc) is 2.58. The molecule has 0 unspecified atom stereocenters. The van der Waals surface area contributed by atoms with Crippen LogP contribution in [-0.4, -0.2) is 30.6 Å². The standard InChI is InChI=1S/C20H23N3O4/c1-13-8-14(2)10-16(9-13)22-18(24)12-27-19(25)17(23-20(21)26)11-15-6-4-3-5-7-15/h3-10,17H,11-12H2,1-2H3,(H,22,24)(H3,21,23,26)/t17-/m0/s1. The Kier molecular flexibility index (Phi) is 6.93. The van der Waals surface area contributed by atoms with Gasteiger partial charge in [0.2, 0.25) is 0 Å². The summed E-state index contributed by atoms with van der Waals surface area (Å²) >= 11 is 0. The number of esters is 1. The van der Waals surface area contributed by atoms with Crippen molar-refractivity contribution in [2.24, 2.45) is 5.73 Å². The van der Waals surface area contributed by atoms with E-state index in [1.807, 2.05) is 62.4 Å². The van der Waals surface area contributed by atoms with E-state index in [2.05, 4.69) is 10.6 Å². The molecule has 0 aliphatic rings. The summed E-state index contributed by atoms with van der Waals surface area (Å²) in [5.74, 6) is -1.20. The lowest BCUT2D eigenvalue weighted by atomic mass is 10.1. The van der Waals surface area contributed by atoms with Gasteiger partial charge in [-0.1, -0.05) is 36.4 Å². The summed E-state index contributed by atoms with van der Waals surface area (Å²) in [6, 6.07) is 12.9. The number of nitrogens with two attached hydrogens (primary N) is 1. The third-order valence-electron chi connectivity index (χ3n) is 3.73. The summed E-state index contributed by atoms with van der Waals surface area (Å²) in [7, 11) is 0. The maximum Gasteiger partial charge on any atom is 0.329 e. The Balaban J connectivity index is 1.93. The third-order valence-corrected chi connectivity index (χ3v) is 3.73. The Morgan fingerprint density at radius 2 is 1.67 bits per heavy atom. The zero-order valence-electron chi connectivity index (χ0n) is 15.3. The van der Waals surface area contributed by atoms with E-state index < -0.39 is 30.6 Å². The van der Waals surface area contributed by atoms with Crippen molar-refractivity contribution in [1.82, 2.24) is 5.32 Å². The number of primary amides is 1. The molecule has 0 radical (unpaired) electrons. The van der Waals surface area contributed by atoms with Gasteiger partial charge in [0, 0.05) is 12.1 Å². The van der Waals surface area contributed by atoms with Gasteiger partial charge in [-0.15, -0.1) is 0 Å². The number of anilines is 1. The zero-order valence-corrected chi connectivity index (χ0v) is 15.3. The molecule has 4 N–H and O–H groups in total. The van der Waals surface area contributed by atoms with Gasteiger partial charge in [-0.05, 0) is 42.7 Å². The second-order valence-electron chi connectivity index (χ2n) is 6.28. The lowest BCUT2D eigenvalue weighted by Crippen LogP contribution is -2.46. The van der Waals surface area contributed by atoms with Crippen molar-refractivity contribution < 1.29 is 19.1 Å². The highest BCUT2D eigenvalue weighted by Crippen LogP contribution is 2.13. The first kappa shape index (κ1) is 20.0. The van der Waals surface area contributed by atoms with Crippen LogP contribution < -0.4 is 16.4 Å². The van der Waals surface area contributed by atoms with Crippen LogP contribution in [0.25, 0.3) is 0 Å². The van der Waals surface area contributed by atoms with Crippen molar-refractivity contribution in [2.45, 2.75) is 26.3 Å². The largest absolute Gasteiger partial charge is 0.454 e. The molecule has 0 saturated carbocycles. The molecule has 1 atom stereocenters. The number of rotatable bonds is 7. The highest BCUT2D eigenvalue weighted by Gasteiger charge is 2.22. The van der Waals surface area contributed by atoms with Crippen LogP contribution in [-0.2, 0) is 20.7 Å². The number of ether oxygens (including phenoxy) is 1. The summed E-state index contributed by atoms with van der Waals surface area (Å²) in [5, 5.41) is 5.03. The Labute approximate surface area is 157 Å². The molecule has 7 heteroatoms. The SMILES string of the molecule is Cc1cc(C)cc(NC(=O)COC(=O)[C@H](Cc2ccccc2)NC(N)=O)c1. The van der Waals surface area contributed by atoms with Gasteiger partial charge >= 0.3 is 12.0 Å². The van der Waals surface area contributed by atoms with Crippen LogP contribution in [0.3, 0.4) is 0 Å². The first-order valence-corrected chi connectivity index (χ1v) is 8.48. The van der Waals surface area contributed by atoms with Crippen LogP contribution in [0.5, 0.6) is 0 Å². The lowest BCUT2D eigenvalue weighted by molar-refractivity contribution is -0.149. The first-order valence-electron chi connectivity index (χ1n) is 8.48. The molecule has 0 aliphatic carbocycles. The molecule has 7 nitrogen and oxygen atoms in total. The molecule has 2 rings (SSSR count). The predicted octanol–water partition coefficient (Wildman–Crippen LogP) is 2.06. The van der Waals surface area contributed by atoms with E-state index >= 15 is 0 Å². The van der Waals surface area contributed by atoms with Crippen LogP contribution in [0.4, 0.5) is 10.5 Å². The van der Waals surface area contributed by atoms with Crippen molar-refractivity contribution in [1.29, 1.82) is 0 Å². The van der Waals surface area contributed by atoms with Gasteiger partial charge < -0.3 is 21.1 Å². The van der Waals surface area contributed by atoms with E-state index in [4.69, 9.17) is 10.5 Å². The summed E-state index contributed by atoms with van der Waals surface area (Å²) in [4.78, 5) is 35.5. The van der Waals surface area contributed by atoms with Gasteiger partial charge in [0.15, 0.2) is 6.61 Å². The molecule has 0 heterocycles. The van der Waals surface area contributed by atoms with Gasteiger partial charge in [0.1, 0.15) is 6.04 Å². The zero-order chi connectivity index (χ0) is 19.8. The van der Waals surface area contributed by atoms with Crippen molar-refractivity contribution in [2.75, 3.05) is 11.9 Å². The molecule has 0 aliphatic heterocycles. The highest BCUT2D eigenvalue weighted by atomic mass is 16.5. The van der Waals surface area contributed by atoms with Crippen molar-refractivity contribution >= 4 is 23.6 Å². The normalized spacial score (nSPS) is 11.3. The minimum Gasteiger partial charge on any atom is -0.454 e. The van der Waals surface area contributed by atoms with Crippen LogP contribution >= 0.6 is 0 Å². The maximum absolute atomic E-state index is 12.3. The minimum atomic E-state index is -0.973. The topological polar surface area (TPSA) is 111 Å². The molecule has 27 heavy (non-hydrogen) atoms. The molecule has 0 spiro atoms. The summed E-state index contributed by atoms with van der Waals surface area (Å²) in [5.41, 5.74) is 8.61. The molecule has 0 aromatic heterocycles. The van der Waals surface area contributed by atoms with E-state index in [1.54, 1.807) is 0 Å². The number of hydrogen-bond acceptors (Lipinski definition) is 4. The molecule has 3 amide bonds. The average molecular weight is 369 g/mol. The second-order valence-corrected chi connectivity index (χ2v) is 6.28. The number of hydrogen-bond donors (Lipinski definition) is 3. The van der Waals surface area contributed by atoms with Crippen LogP contribution in [0, 0.1) is 13.8 Å². The molecular weight excluding hydrogens is 346 g/mol. The smallest absolute Gasteiger partial charge is 0.329 e. The van der Waals surface area contributed by atoms with Crippen LogP contribution in [0.15, 0.2) is 48.5 Å². The number of benzene rings is 2. The van der Waals surface area contributed by atoms with E-state index in [0.717, 1.165) is 16.7 Å². The van der Waals surface area contributed by atoms with Gasteiger partial charge in [-0.3, -0.25) is 4.79 Å². The number of urea groups is 1. The number of nitrogens with one attached hydrogen (secondary N) is 2. The van der Waals surface area contributed by atoms with Gasteiger partial charge in [-0.2, -0.15) is 0 Å². The molecule has 2 aromatic carbocycles. The van der Waals surface area contributed by atoms with Crippen molar-refractivity contribution in [3.05, 3.63) is 65.2 Å². The summed E-state index contributed by atoms with van der Waals surface area (Å²) in [6.45, 7) is 3.39. The fourth-order valence-electron chi connectivity index (χ4n) is 2.70. The predicted molar refractivity (Wildman–Crippen MR) is 102 cm³/mol. The van der Waals surface area contributed by atoms with E-state index in [0.29, 0.717) is 5.69 Å². The molecule has 0 saturated heterocycles. The molecule has 0 fully saturated rings. The van der Waals surface area contributed by atoms with Crippen LogP contribution in [0.1, 0.15) is 16.7 Å². The number of aryl methyl sites for hydroxylation is 2. The summed E-state index contributed by atoms with van der Waals surface area (Å²) in [6.07, 6.45) is 0.210. The monoisotopic (exact) mass is 369 g/mol. The molecule has 142 valence electrons. The van der Waals surface area contributed by atoms with E-state index in [-0.39, 0.29) is 6.42 Å². The highest BCUT2D eigenvalue weighted by molar-refractivity contribution is 5.93. The fourth-order valence-corrected chi connectivity index (χ4v) is 2.70. The molecule has 0 bridgehead atoms. The maximum atomic E-state index is 12.3. The Hall–Kier alpha value is -3.35. The van der Waals surface area contributed by atoms with Gasteiger partial charge in [-0.25, -0.2) is 9.59 Å². The molecule has 2 aromatic rings.